The molecule has 6 nitrogen and oxygen atoms in total. The molecule has 39 heavy (non-hydrogen) atoms. The monoisotopic (exact) mass is 609 g/mol. The molecule has 4 bridgehead atoms. The number of aromatic nitrogens is 1. The summed E-state index contributed by atoms with van der Waals surface area (Å²) in [5.74, 6) is 2.35. The number of halogens is 3. The minimum absolute atomic E-state index is 0.0250. The van der Waals surface area contributed by atoms with Gasteiger partial charge in [0.05, 0.1) is 10.5 Å². The van der Waals surface area contributed by atoms with E-state index in [1.807, 2.05) is 6.07 Å². The van der Waals surface area contributed by atoms with E-state index in [1.165, 1.54) is 60.8 Å². The molecule has 4 saturated carbocycles. The van der Waals surface area contributed by atoms with Crippen molar-refractivity contribution in [3.63, 3.8) is 0 Å². The van der Waals surface area contributed by atoms with Gasteiger partial charge in [-0.2, -0.15) is 0 Å². The zero-order valence-corrected chi connectivity index (χ0v) is 24.4. The summed E-state index contributed by atoms with van der Waals surface area (Å²) in [7, 11) is -4.22. The lowest BCUT2D eigenvalue weighted by atomic mass is 9.53. The van der Waals surface area contributed by atoms with Crippen LogP contribution in [0.3, 0.4) is 0 Å². The molecule has 0 aliphatic heterocycles. The topological polar surface area (TPSA) is 80.3 Å². The maximum atomic E-state index is 15.0. The average molecular weight is 611 g/mol. The van der Waals surface area contributed by atoms with E-state index >= 15 is 0 Å². The van der Waals surface area contributed by atoms with Crippen LogP contribution >= 0.6 is 34.5 Å². The Bertz CT molecular complexity index is 1430. The largest absolute Gasteiger partial charge is 0.455 e. The van der Waals surface area contributed by atoms with Gasteiger partial charge in [0.25, 0.3) is 10.0 Å². The highest BCUT2D eigenvalue weighted by Crippen LogP contribution is 2.55. The summed E-state index contributed by atoms with van der Waals surface area (Å²) in [5.41, 5.74) is 2.67. The Morgan fingerprint density at radius 1 is 1.05 bits per heavy atom. The van der Waals surface area contributed by atoms with Gasteiger partial charge in [-0.3, -0.25) is 4.72 Å². The van der Waals surface area contributed by atoms with E-state index in [1.54, 1.807) is 12.1 Å². The summed E-state index contributed by atoms with van der Waals surface area (Å²) in [6.45, 7) is 0.909. The number of aryl methyl sites for hydroxylation is 1. The van der Waals surface area contributed by atoms with Gasteiger partial charge in [-0.05, 0) is 105 Å². The highest BCUT2D eigenvalue weighted by molar-refractivity contribution is 7.92. The molecule has 3 aromatic rings. The van der Waals surface area contributed by atoms with Crippen LogP contribution < -0.4 is 14.8 Å². The van der Waals surface area contributed by atoms with E-state index in [-0.39, 0.29) is 16.6 Å². The number of nitrogens with one attached hydrogen (secondary N) is 2. The van der Waals surface area contributed by atoms with Crippen LogP contribution in [0.1, 0.15) is 50.5 Å². The van der Waals surface area contributed by atoms with Gasteiger partial charge in [0.15, 0.2) is 5.82 Å². The molecule has 0 saturated heterocycles. The minimum Gasteiger partial charge on any atom is -0.455 e. The molecule has 4 aliphatic carbocycles. The number of rotatable bonds is 10. The Labute approximate surface area is 242 Å². The van der Waals surface area contributed by atoms with Gasteiger partial charge in [-0.15, -0.1) is 11.3 Å². The molecule has 4 fully saturated rings. The molecule has 1 aromatic heterocycles. The molecule has 0 atom stereocenters. The third-order valence-electron chi connectivity index (χ3n) is 8.35. The second-order valence-electron chi connectivity index (χ2n) is 11.3. The number of benzene rings is 2. The van der Waals surface area contributed by atoms with Gasteiger partial charge in [-0.25, -0.2) is 17.8 Å². The smallest absolute Gasteiger partial charge is 0.266 e. The first-order chi connectivity index (χ1) is 18.7. The second kappa shape index (κ2) is 10.8. The van der Waals surface area contributed by atoms with Crippen molar-refractivity contribution in [3.8, 4) is 11.5 Å². The lowest BCUT2D eigenvalue weighted by Gasteiger charge is -2.57. The average Bonchev–Trinajstić information content (AvgIpc) is 3.36. The normalized spacial score (nSPS) is 25.7. The van der Waals surface area contributed by atoms with E-state index < -0.39 is 20.7 Å². The van der Waals surface area contributed by atoms with E-state index in [2.05, 4.69) is 15.0 Å². The summed E-state index contributed by atoms with van der Waals surface area (Å²) < 4.78 is 48.6. The van der Waals surface area contributed by atoms with Crippen molar-refractivity contribution in [1.29, 1.82) is 0 Å². The van der Waals surface area contributed by atoms with Crippen LogP contribution in [0, 0.1) is 23.6 Å². The molecule has 2 N–H and O–H groups in total. The Morgan fingerprint density at radius 2 is 1.77 bits per heavy atom. The Kier molecular flexibility index (Phi) is 7.56. The van der Waals surface area contributed by atoms with Gasteiger partial charge in [0.1, 0.15) is 22.2 Å². The van der Waals surface area contributed by atoms with Crippen molar-refractivity contribution in [2.45, 2.75) is 61.8 Å². The summed E-state index contributed by atoms with van der Waals surface area (Å²) in [6, 6.07) is 7.32. The molecule has 4 aliphatic rings. The second-order valence-corrected chi connectivity index (χ2v) is 14.5. The van der Waals surface area contributed by atoms with Crippen molar-refractivity contribution in [1.82, 2.24) is 10.3 Å². The molecule has 0 spiro atoms. The van der Waals surface area contributed by atoms with E-state index in [0.29, 0.717) is 16.3 Å². The summed E-state index contributed by atoms with van der Waals surface area (Å²) in [6.07, 6.45) is 9.80. The van der Waals surface area contributed by atoms with Crippen LogP contribution in [0.15, 0.2) is 46.1 Å². The summed E-state index contributed by atoms with van der Waals surface area (Å²) in [4.78, 5) is 3.30. The van der Waals surface area contributed by atoms with E-state index in [9.17, 15) is 12.8 Å². The van der Waals surface area contributed by atoms with Gasteiger partial charge >= 0.3 is 0 Å². The molecular weight excluding hydrogens is 580 g/mol. The number of ether oxygens (including phenoxy) is 1. The van der Waals surface area contributed by atoms with Crippen LogP contribution in [0.5, 0.6) is 11.5 Å². The number of sulfonamides is 1. The minimum atomic E-state index is -4.22. The highest BCUT2D eigenvalue weighted by Gasteiger charge is 2.50. The van der Waals surface area contributed by atoms with Gasteiger partial charge in [0.2, 0.25) is 0 Å². The quantitative estimate of drug-likeness (QED) is 0.230. The van der Waals surface area contributed by atoms with E-state index in [4.69, 9.17) is 27.9 Å². The first-order valence-corrected chi connectivity index (χ1v) is 16.5. The Morgan fingerprint density at radius 3 is 2.44 bits per heavy atom. The Hall–Kier alpha value is -1.91. The molecule has 7 rings (SSSR count). The van der Waals surface area contributed by atoms with Crippen molar-refractivity contribution >= 4 is 50.4 Å². The molecule has 0 amide bonds. The van der Waals surface area contributed by atoms with Crippen LogP contribution in [0.2, 0.25) is 10.0 Å². The van der Waals surface area contributed by atoms with Crippen molar-refractivity contribution in [3.05, 3.63) is 62.6 Å². The first kappa shape index (κ1) is 27.3. The fourth-order valence-corrected chi connectivity index (χ4v) is 9.28. The highest BCUT2D eigenvalue weighted by atomic mass is 35.5. The number of anilines is 1. The van der Waals surface area contributed by atoms with Crippen molar-refractivity contribution in [2.75, 3.05) is 11.3 Å². The van der Waals surface area contributed by atoms with Crippen LogP contribution in [-0.4, -0.2) is 25.5 Å². The number of nitrogens with zero attached hydrogens (tertiary/aromatic N) is 1. The van der Waals surface area contributed by atoms with Crippen molar-refractivity contribution < 1.29 is 17.5 Å². The molecular formula is C28H30Cl2FN3O3S2. The fraction of sp³-hybridized carbons (Fsp3) is 0.464. The van der Waals surface area contributed by atoms with Gasteiger partial charge in [0, 0.05) is 22.0 Å². The zero-order chi connectivity index (χ0) is 27.2. The molecule has 2 aromatic carbocycles. The molecule has 208 valence electrons. The molecule has 0 radical (unpaired) electrons. The maximum absolute atomic E-state index is 15.0. The standard InChI is InChI=1S/C28H30Cl2FN3O3S2/c29-21-3-4-24(20(9-21)2-1-5-33-28-12-17-6-18(13-28)8-19(7-17)14-28)37-25-11-23(31)26(10-22(25)30)39(35,36)34-27-15-38-16-32-27/h3-4,9-11,15-19,33-34H,1-2,5-8,12-14H2. The molecule has 11 heteroatoms. The van der Waals surface area contributed by atoms with Crippen molar-refractivity contribution in [2.24, 2.45) is 17.8 Å². The zero-order valence-electron chi connectivity index (χ0n) is 21.3. The van der Waals surface area contributed by atoms with Crippen LogP contribution in [-0.2, 0) is 16.4 Å². The molecule has 1 heterocycles. The number of hydrogen-bond acceptors (Lipinski definition) is 6. The van der Waals surface area contributed by atoms with Crippen LogP contribution in [0.4, 0.5) is 10.2 Å². The predicted octanol–water partition coefficient (Wildman–Crippen LogP) is 7.67. The Balaban J connectivity index is 1.13. The number of thiazole rings is 1. The lowest BCUT2D eigenvalue weighted by Crippen LogP contribution is -2.58. The third kappa shape index (κ3) is 5.93. The predicted molar refractivity (Wildman–Crippen MR) is 153 cm³/mol. The number of hydrogen-bond donors (Lipinski definition) is 2. The molecule has 0 unspecified atom stereocenters. The van der Waals surface area contributed by atoms with Gasteiger partial charge in [-0.1, -0.05) is 23.2 Å². The summed E-state index contributed by atoms with van der Waals surface area (Å²) >= 11 is 13.9. The SMILES string of the molecule is O=S(=O)(Nc1cscn1)c1cc(Cl)c(Oc2ccc(Cl)cc2CCCNC23CC4CC(CC(C4)C2)C3)cc1F. The third-order valence-corrected chi connectivity index (χ3v) is 10.8. The van der Waals surface area contributed by atoms with Gasteiger partial charge < -0.3 is 10.1 Å². The van der Waals surface area contributed by atoms with E-state index in [0.717, 1.165) is 54.8 Å². The fourth-order valence-electron chi connectivity index (χ4n) is 7.17. The summed E-state index contributed by atoms with van der Waals surface area (Å²) in [5, 5.41) is 5.99. The van der Waals surface area contributed by atoms with Crippen LogP contribution in [0.25, 0.3) is 0 Å². The lowest BCUT2D eigenvalue weighted by molar-refractivity contribution is -0.0195. The first-order valence-electron chi connectivity index (χ1n) is 13.3. The maximum Gasteiger partial charge on any atom is 0.266 e.